The number of thiazole rings is 1. The van der Waals surface area contributed by atoms with Crippen molar-refractivity contribution in [1.29, 1.82) is 0 Å². The molecule has 11 heteroatoms. The number of hydrogen-bond donors (Lipinski definition) is 1. The van der Waals surface area contributed by atoms with Gasteiger partial charge in [0.05, 0.1) is 17.1 Å². The molecule has 1 N–H and O–H groups in total. The van der Waals surface area contributed by atoms with Crippen LogP contribution in [-0.4, -0.2) is 20.0 Å². The fourth-order valence-corrected chi connectivity index (χ4v) is 4.51. The first-order valence-corrected chi connectivity index (χ1v) is 10.7. The normalized spacial score (nSPS) is 11.3. The van der Waals surface area contributed by atoms with Crippen LogP contribution in [0.25, 0.3) is 22.4 Å². The highest BCUT2D eigenvalue weighted by Crippen LogP contribution is 2.32. The van der Waals surface area contributed by atoms with Crippen LogP contribution in [0.5, 0.6) is 0 Å². The average Bonchev–Trinajstić information content (AvgIpc) is 3.29. The predicted octanol–water partition coefficient (Wildman–Crippen LogP) is 3.75. The maximum Gasteiger partial charge on any atom is 0.333 e. The van der Waals surface area contributed by atoms with Crippen molar-refractivity contribution in [1.82, 2.24) is 14.1 Å². The summed E-state index contributed by atoms with van der Waals surface area (Å²) in [6.45, 7) is 1.65. The van der Waals surface area contributed by atoms with Gasteiger partial charge in [-0.15, -0.1) is 11.3 Å². The van der Waals surface area contributed by atoms with Crippen LogP contribution in [0.2, 0.25) is 10.0 Å². The first-order chi connectivity index (χ1) is 14.7. The SMILES string of the molecule is Cc1oc2c(c1CC(=O)Nc1nc(-c3ccc(Cl)cc3Cl)cs1)c(=O)n(C)c(=O)n2C. The minimum absolute atomic E-state index is 0.108. The molecule has 3 aromatic heterocycles. The van der Waals surface area contributed by atoms with E-state index in [0.717, 1.165) is 4.57 Å². The number of rotatable bonds is 4. The Kier molecular flexibility index (Phi) is 5.50. The zero-order chi connectivity index (χ0) is 22.4. The Morgan fingerprint density at radius 3 is 2.68 bits per heavy atom. The molecule has 0 unspecified atom stereocenters. The van der Waals surface area contributed by atoms with Crippen LogP contribution >= 0.6 is 34.5 Å². The fraction of sp³-hybridized carbons (Fsp3) is 0.200. The Labute approximate surface area is 189 Å². The Morgan fingerprint density at radius 2 is 1.97 bits per heavy atom. The highest BCUT2D eigenvalue weighted by molar-refractivity contribution is 7.14. The van der Waals surface area contributed by atoms with E-state index in [1.54, 1.807) is 30.5 Å². The summed E-state index contributed by atoms with van der Waals surface area (Å²) in [7, 11) is 2.89. The zero-order valence-electron chi connectivity index (χ0n) is 16.7. The molecule has 0 saturated heterocycles. The van der Waals surface area contributed by atoms with Crippen molar-refractivity contribution in [3.63, 3.8) is 0 Å². The van der Waals surface area contributed by atoms with Gasteiger partial charge < -0.3 is 9.73 Å². The Bertz CT molecular complexity index is 1460. The standard InChI is InChI=1S/C20H16Cl2N4O4S/c1-9-12(16-17(28)25(2)20(29)26(3)18(16)30-9)7-15(27)24-19-23-14(8-31-19)11-5-4-10(21)6-13(11)22/h4-6,8H,7H2,1-3H3,(H,23,24,27). The summed E-state index contributed by atoms with van der Waals surface area (Å²) in [6, 6.07) is 5.09. The highest BCUT2D eigenvalue weighted by atomic mass is 35.5. The number of nitrogens with one attached hydrogen (secondary N) is 1. The number of nitrogens with zero attached hydrogens (tertiary/aromatic N) is 3. The number of hydrogen-bond acceptors (Lipinski definition) is 6. The molecule has 0 saturated carbocycles. The third kappa shape index (κ3) is 3.80. The molecule has 3 heterocycles. The second-order valence-corrected chi connectivity index (χ2v) is 8.61. The number of carbonyl (C=O) groups excluding carboxylic acids is 1. The van der Waals surface area contributed by atoms with Crippen LogP contribution < -0.4 is 16.6 Å². The van der Waals surface area contributed by atoms with Gasteiger partial charge in [0.1, 0.15) is 11.1 Å². The predicted molar refractivity (Wildman–Crippen MR) is 121 cm³/mol. The van der Waals surface area contributed by atoms with Gasteiger partial charge in [-0.2, -0.15) is 0 Å². The van der Waals surface area contributed by atoms with Crippen molar-refractivity contribution >= 4 is 56.7 Å². The molecular formula is C20H16Cl2N4O4S. The summed E-state index contributed by atoms with van der Waals surface area (Å²) in [6.07, 6.45) is -0.108. The lowest BCUT2D eigenvalue weighted by atomic mass is 10.1. The molecule has 0 aliphatic carbocycles. The van der Waals surface area contributed by atoms with Crippen LogP contribution in [0, 0.1) is 6.92 Å². The van der Waals surface area contributed by atoms with Crippen molar-refractivity contribution in [2.45, 2.75) is 13.3 Å². The second-order valence-electron chi connectivity index (χ2n) is 6.91. The molecule has 0 aliphatic heterocycles. The molecule has 0 radical (unpaired) electrons. The number of halogens is 2. The first kappa shape index (κ1) is 21.4. The van der Waals surface area contributed by atoms with E-state index >= 15 is 0 Å². The molecule has 8 nitrogen and oxygen atoms in total. The van der Waals surface area contributed by atoms with Crippen LogP contribution in [0.15, 0.2) is 37.6 Å². The summed E-state index contributed by atoms with van der Waals surface area (Å²) >= 11 is 13.4. The van der Waals surface area contributed by atoms with Gasteiger partial charge >= 0.3 is 5.69 Å². The topological polar surface area (TPSA) is 99.1 Å². The van der Waals surface area contributed by atoms with Crippen LogP contribution in [0.3, 0.4) is 0 Å². The molecule has 4 rings (SSSR count). The molecule has 160 valence electrons. The molecule has 1 amide bonds. The molecule has 1 aromatic carbocycles. The van der Waals surface area contributed by atoms with Gasteiger partial charge in [0, 0.05) is 35.6 Å². The van der Waals surface area contributed by atoms with Gasteiger partial charge in [0.25, 0.3) is 5.56 Å². The molecule has 0 aliphatic rings. The lowest BCUT2D eigenvalue weighted by Gasteiger charge is -2.04. The number of carbonyl (C=O) groups is 1. The fourth-order valence-electron chi connectivity index (χ4n) is 3.27. The molecule has 0 fully saturated rings. The Morgan fingerprint density at radius 1 is 1.23 bits per heavy atom. The monoisotopic (exact) mass is 478 g/mol. The maximum atomic E-state index is 12.7. The summed E-state index contributed by atoms with van der Waals surface area (Å²) in [5, 5.41) is 6.08. The van der Waals surface area contributed by atoms with Gasteiger partial charge in [-0.1, -0.05) is 23.2 Å². The molecular weight excluding hydrogens is 463 g/mol. The van der Waals surface area contributed by atoms with E-state index < -0.39 is 11.2 Å². The minimum Gasteiger partial charge on any atom is -0.444 e. The van der Waals surface area contributed by atoms with E-state index in [4.69, 9.17) is 27.6 Å². The van der Waals surface area contributed by atoms with Crippen LogP contribution in [-0.2, 0) is 25.3 Å². The van der Waals surface area contributed by atoms with E-state index in [2.05, 4.69) is 10.3 Å². The van der Waals surface area contributed by atoms with Crippen molar-refractivity contribution in [3.05, 3.63) is 65.8 Å². The van der Waals surface area contributed by atoms with Crippen molar-refractivity contribution in [2.75, 3.05) is 5.32 Å². The summed E-state index contributed by atoms with van der Waals surface area (Å²) in [5.41, 5.74) is 0.869. The zero-order valence-corrected chi connectivity index (χ0v) is 19.0. The van der Waals surface area contributed by atoms with Gasteiger partial charge in [-0.3, -0.25) is 18.7 Å². The number of aromatic nitrogens is 3. The summed E-state index contributed by atoms with van der Waals surface area (Å²) in [5.74, 6) is 0.0287. The van der Waals surface area contributed by atoms with Crippen molar-refractivity contribution in [3.8, 4) is 11.3 Å². The number of amides is 1. The third-order valence-electron chi connectivity index (χ3n) is 4.88. The van der Waals surface area contributed by atoms with Gasteiger partial charge in [-0.05, 0) is 25.1 Å². The number of benzene rings is 1. The lowest BCUT2D eigenvalue weighted by Crippen LogP contribution is -2.36. The largest absolute Gasteiger partial charge is 0.444 e. The maximum absolute atomic E-state index is 12.7. The Hall–Kier alpha value is -2.88. The smallest absolute Gasteiger partial charge is 0.333 e. The number of anilines is 1. The van der Waals surface area contributed by atoms with E-state index in [1.165, 1.54) is 30.0 Å². The highest BCUT2D eigenvalue weighted by Gasteiger charge is 2.22. The number of aryl methyl sites for hydroxylation is 2. The van der Waals surface area contributed by atoms with Crippen molar-refractivity contribution < 1.29 is 9.21 Å². The lowest BCUT2D eigenvalue weighted by molar-refractivity contribution is -0.115. The third-order valence-corrected chi connectivity index (χ3v) is 6.19. The van der Waals surface area contributed by atoms with E-state index in [1.807, 2.05) is 0 Å². The second kappa shape index (κ2) is 7.99. The van der Waals surface area contributed by atoms with E-state index in [0.29, 0.717) is 37.8 Å². The molecule has 0 spiro atoms. The van der Waals surface area contributed by atoms with Crippen LogP contribution in [0.1, 0.15) is 11.3 Å². The average molecular weight is 479 g/mol. The minimum atomic E-state index is -0.508. The molecule has 0 atom stereocenters. The summed E-state index contributed by atoms with van der Waals surface area (Å²) in [4.78, 5) is 41.8. The molecule has 4 aromatic rings. The molecule has 0 bridgehead atoms. The number of fused-ring (bicyclic) bond motifs is 1. The number of furan rings is 1. The summed E-state index contributed by atoms with van der Waals surface area (Å²) < 4.78 is 7.85. The van der Waals surface area contributed by atoms with E-state index in [9.17, 15) is 14.4 Å². The quantitative estimate of drug-likeness (QED) is 0.481. The Balaban J connectivity index is 1.61. The van der Waals surface area contributed by atoms with E-state index in [-0.39, 0.29) is 23.4 Å². The van der Waals surface area contributed by atoms with Crippen LogP contribution in [0.4, 0.5) is 5.13 Å². The molecule has 31 heavy (non-hydrogen) atoms. The van der Waals surface area contributed by atoms with Gasteiger partial charge in [0.2, 0.25) is 11.6 Å². The van der Waals surface area contributed by atoms with Crippen molar-refractivity contribution in [2.24, 2.45) is 14.1 Å². The van der Waals surface area contributed by atoms with Gasteiger partial charge in [0.15, 0.2) is 5.13 Å². The first-order valence-electron chi connectivity index (χ1n) is 9.06. The van der Waals surface area contributed by atoms with Gasteiger partial charge in [-0.25, -0.2) is 9.78 Å².